The van der Waals surface area contributed by atoms with Gasteiger partial charge in [-0.2, -0.15) is 12.7 Å². The topological polar surface area (TPSA) is 86.7 Å². The number of anilines is 1. The van der Waals surface area contributed by atoms with E-state index in [2.05, 4.69) is 4.72 Å². The lowest BCUT2D eigenvalue weighted by molar-refractivity contribution is -0.141. The molecule has 112 valence electrons. The van der Waals surface area contributed by atoms with E-state index < -0.39 is 22.1 Å². The Hall–Kier alpha value is -1.60. The monoisotopic (exact) mass is 300 g/mol. The number of carboxylic acid groups (broad SMARTS) is 1. The van der Waals surface area contributed by atoms with Crippen LogP contribution in [0.1, 0.15) is 18.9 Å². The highest BCUT2D eigenvalue weighted by Gasteiger charge is 2.16. The standard InChI is InChI=1S/C13H20N2O4S/c1-4-11(13(16)17)9-10-5-7-12(8-6-10)14-20(18,19)15(2)3/h5-8,11,14H,4,9H2,1-3H3,(H,16,17). The summed E-state index contributed by atoms with van der Waals surface area (Å²) in [6.45, 7) is 1.83. The molecular weight excluding hydrogens is 280 g/mol. The molecule has 1 rings (SSSR count). The van der Waals surface area contributed by atoms with Crippen LogP contribution in [0.4, 0.5) is 5.69 Å². The fourth-order valence-corrected chi connectivity index (χ4v) is 2.26. The summed E-state index contributed by atoms with van der Waals surface area (Å²) < 4.78 is 26.8. The highest BCUT2D eigenvalue weighted by Crippen LogP contribution is 2.16. The van der Waals surface area contributed by atoms with E-state index in [1.54, 1.807) is 24.3 Å². The number of rotatable bonds is 7. The van der Waals surface area contributed by atoms with E-state index in [0.717, 1.165) is 9.87 Å². The van der Waals surface area contributed by atoms with E-state index in [1.807, 2.05) is 6.92 Å². The van der Waals surface area contributed by atoms with E-state index >= 15 is 0 Å². The molecule has 0 bridgehead atoms. The van der Waals surface area contributed by atoms with Crippen LogP contribution in [0.15, 0.2) is 24.3 Å². The first-order chi connectivity index (χ1) is 9.26. The number of hydrogen-bond donors (Lipinski definition) is 2. The summed E-state index contributed by atoms with van der Waals surface area (Å²) in [4.78, 5) is 11.0. The first-order valence-corrected chi connectivity index (χ1v) is 7.72. The summed E-state index contributed by atoms with van der Waals surface area (Å²) in [7, 11) is -0.636. The third-order valence-corrected chi connectivity index (χ3v) is 4.46. The summed E-state index contributed by atoms with van der Waals surface area (Å²) in [6.07, 6.45) is 0.997. The Labute approximate surface area is 119 Å². The molecule has 0 aromatic heterocycles. The van der Waals surface area contributed by atoms with Crippen molar-refractivity contribution in [3.05, 3.63) is 29.8 Å². The van der Waals surface area contributed by atoms with Crippen molar-refractivity contribution in [1.29, 1.82) is 0 Å². The maximum Gasteiger partial charge on any atom is 0.306 e. The van der Waals surface area contributed by atoms with Gasteiger partial charge in [0.25, 0.3) is 0 Å². The van der Waals surface area contributed by atoms with Crippen LogP contribution in [0.5, 0.6) is 0 Å². The summed E-state index contributed by atoms with van der Waals surface area (Å²) in [6, 6.07) is 6.73. The number of hydrogen-bond acceptors (Lipinski definition) is 3. The molecule has 1 aromatic carbocycles. The summed E-state index contributed by atoms with van der Waals surface area (Å²) in [5, 5.41) is 9.01. The van der Waals surface area contributed by atoms with Gasteiger partial charge >= 0.3 is 16.2 Å². The van der Waals surface area contributed by atoms with Gasteiger partial charge < -0.3 is 5.11 Å². The molecule has 0 aliphatic carbocycles. The van der Waals surface area contributed by atoms with E-state index in [0.29, 0.717) is 18.5 Å². The summed E-state index contributed by atoms with van der Waals surface area (Å²) >= 11 is 0. The van der Waals surface area contributed by atoms with E-state index in [9.17, 15) is 13.2 Å². The third-order valence-electron chi connectivity index (χ3n) is 3.01. The fourth-order valence-electron chi connectivity index (χ4n) is 1.64. The van der Waals surface area contributed by atoms with Crippen molar-refractivity contribution >= 4 is 21.9 Å². The Morgan fingerprint density at radius 3 is 2.25 bits per heavy atom. The van der Waals surface area contributed by atoms with Gasteiger partial charge in [-0.05, 0) is 30.5 Å². The van der Waals surface area contributed by atoms with E-state index in [1.165, 1.54) is 14.1 Å². The SMILES string of the molecule is CCC(Cc1ccc(NS(=O)(=O)N(C)C)cc1)C(=O)O. The van der Waals surface area contributed by atoms with Crippen LogP contribution in [0.3, 0.4) is 0 Å². The molecule has 20 heavy (non-hydrogen) atoms. The maximum atomic E-state index is 11.6. The van der Waals surface area contributed by atoms with E-state index in [4.69, 9.17) is 5.11 Å². The van der Waals surface area contributed by atoms with Gasteiger partial charge in [0.2, 0.25) is 0 Å². The molecule has 1 unspecified atom stereocenters. The fraction of sp³-hybridized carbons (Fsp3) is 0.462. The van der Waals surface area contributed by atoms with Gasteiger partial charge in [-0.25, -0.2) is 0 Å². The molecule has 1 atom stereocenters. The van der Waals surface area contributed by atoms with Crippen LogP contribution in [0.25, 0.3) is 0 Å². The molecule has 0 aliphatic rings. The van der Waals surface area contributed by atoms with E-state index in [-0.39, 0.29) is 0 Å². The van der Waals surface area contributed by atoms with Crippen molar-refractivity contribution in [2.24, 2.45) is 5.92 Å². The molecule has 6 nitrogen and oxygen atoms in total. The lowest BCUT2D eigenvalue weighted by atomic mass is 9.97. The van der Waals surface area contributed by atoms with Crippen molar-refractivity contribution in [3.8, 4) is 0 Å². The Morgan fingerprint density at radius 2 is 1.85 bits per heavy atom. The van der Waals surface area contributed by atoms with Gasteiger partial charge in [0.15, 0.2) is 0 Å². The molecule has 1 aromatic rings. The predicted molar refractivity (Wildman–Crippen MR) is 77.8 cm³/mol. The molecule has 0 heterocycles. The summed E-state index contributed by atoms with van der Waals surface area (Å²) in [5.74, 6) is -1.23. The van der Waals surface area contributed by atoms with Gasteiger partial charge in [0.1, 0.15) is 0 Å². The van der Waals surface area contributed by atoms with Gasteiger partial charge in [0, 0.05) is 19.8 Å². The van der Waals surface area contributed by atoms with Crippen LogP contribution in [0.2, 0.25) is 0 Å². The quantitative estimate of drug-likeness (QED) is 0.800. The number of aliphatic carboxylic acids is 1. The molecule has 0 aliphatic heterocycles. The molecule has 0 fully saturated rings. The number of benzene rings is 1. The average molecular weight is 300 g/mol. The first kappa shape index (κ1) is 16.5. The maximum absolute atomic E-state index is 11.6. The van der Waals surface area contributed by atoms with Crippen LogP contribution in [-0.4, -0.2) is 37.9 Å². The first-order valence-electron chi connectivity index (χ1n) is 6.28. The number of nitrogens with one attached hydrogen (secondary N) is 1. The largest absolute Gasteiger partial charge is 0.481 e. The molecule has 0 saturated carbocycles. The molecule has 7 heteroatoms. The number of carboxylic acids is 1. The number of nitrogens with zero attached hydrogens (tertiary/aromatic N) is 1. The highest BCUT2D eigenvalue weighted by atomic mass is 32.2. The second-order valence-electron chi connectivity index (χ2n) is 4.73. The van der Waals surface area contributed by atoms with Crippen molar-refractivity contribution in [2.45, 2.75) is 19.8 Å². The Bertz CT molecular complexity index is 552. The van der Waals surface area contributed by atoms with Gasteiger partial charge in [-0.1, -0.05) is 19.1 Å². The van der Waals surface area contributed by atoms with Crippen molar-refractivity contribution in [3.63, 3.8) is 0 Å². The molecule has 0 spiro atoms. The summed E-state index contributed by atoms with van der Waals surface area (Å²) in [5.41, 5.74) is 1.32. The lowest BCUT2D eigenvalue weighted by Gasteiger charge is -2.14. The molecule has 0 saturated heterocycles. The van der Waals surface area contributed by atoms with Crippen molar-refractivity contribution in [2.75, 3.05) is 18.8 Å². The Morgan fingerprint density at radius 1 is 1.30 bits per heavy atom. The number of carbonyl (C=O) groups is 1. The van der Waals surface area contributed by atoms with Crippen LogP contribution < -0.4 is 4.72 Å². The molecule has 2 N–H and O–H groups in total. The Balaban J connectivity index is 2.77. The van der Waals surface area contributed by atoms with Crippen LogP contribution >= 0.6 is 0 Å². The normalized spacial score (nSPS) is 13.2. The predicted octanol–water partition coefficient (Wildman–Crippen LogP) is 1.56. The average Bonchev–Trinajstić information content (AvgIpc) is 2.36. The van der Waals surface area contributed by atoms with Gasteiger partial charge in [-0.15, -0.1) is 0 Å². The van der Waals surface area contributed by atoms with Crippen LogP contribution in [0, 0.1) is 5.92 Å². The van der Waals surface area contributed by atoms with Crippen molar-refractivity contribution < 1.29 is 18.3 Å². The molecule has 0 amide bonds. The third kappa shape index (κ3) is 4.50. The highest BCUT2D eigenvalue weighted by molar-refractivity contribution is 7.90. The zero-order valence-corrected chi connectivity index (χ0v) is 12.6. The minimum atomic E-state index is -3.52. The minimum Gasteiger partial charge on any atom is -0.481 e. The van der Waals surface area contributed by atoms with Crippen molar-refractivity contribution in [1.82, 2.24) is 4.31 Å². The van der Waals surface area contributed by atoms with Gasteiger partial charge in [0.05, 0.1) is 5.92 Å². The van der Waals surface area contributed by atoms with Crippen LogP contribution in [-0.2, 0) is 21.4 Å². The second kappa shape index (κ2) is 6.71. The zero-order chi connectivity index (χ0) is 15.3. The smallest absolute Gasteiger partial charge is 0.306 e. The molecule has 0 radical (unpaired) electrons. The molecular formula is C13H20N2O4S. The lowest BCUT2D eigenvalue weighted by Crippen LogP contribution is -2.28. The zero-order valence-electron chi connectivity index (χ0n) is 11.8. The second-order valence-corrected chi connectivity index (χ2v) is 6.62. The Kier molecular flexibility index (Phi) is 5.52. The minimum absolute atomic E-state index is 0.417. The van der Waals surface area contributed by atoms with Gasteiger partial charge in [-0.3, -0.25) is 9.52 Å².